The van der Waals surface area contributed by atoms with E-state index in [1.165, 1.54) is 24.7 Å². The average molecular weight is 357 g/mol. The normalized spacial score (nSPS) is 33.9. The zero-order chi connectivity index (χ0) is 18.3. The molecule has 0 heterocycles. The molecule has 1 N–H and O–H groups in total. The number of rotatable bonds is 3. The van der Waals surface area contributed by atoms with Crippen LogP contribution in [0.5, 0.6) is 5.75 Å². The smallest absolute Gasteiger partial charge is 0.346 e. The number of nitrogens with zero attached hydrogens (tertiary/aromatic N) is 1. The van der Waals surface area contributed by atoms with E-state index in [1.807, 2.05) is 12.1 Å². The highest BCUT2D eigenvalue weighted by molar-refractivity contribution is 5.92. The summed E-state index contributed by atoms with van der Waals surface area (Å²) >= 11 is 0. The summed E-state index contributed by atoms with van der Waals surface area (Å²) < 4.78 is 4.61. The van der Waals surface area contributed by atoms with Gasteiger partial charge in [-0.1, -0.05) is 18.1 Å². The summed E-state index contributed by atoms with van der Waals surface area (Å²) in [5.41, 5.74) is 3.95. The lowest BCUT2D eigenvalue weighted by molar-refractivity contribution is -0.145. The third-order valence-electron chi connectivity index (χ3n) is 7.04. The number of oxime groups is 1. The molecule has 0 aliphatic heterocycles. The van der Waals surface area contributed by atoms with E-state index >= 15 is 0 Å². The molecule has 0 saturated heterocycles. The Labute approximate surface area is 154 Å². The van der Waals surface area contributed by atoms with E-state index in [-0.39, 0.29) is 12.0 Å². The number of phenols is 1. The maximum atomic E-state index is 11.2. The number of carbonyl (C=O) groups excluding carboxylic acids is 1. The molecule has 0 amide bonds. The first-order valence-electron chi connectivity index (χ1n) is 9.61. The second kappa shape index (κ2) is 6.60. The Morgan fingerprint density at radius 1 is 1.31 bits per heavy atom. The van der Waals surface area contributed by atoms with Gasteiger partial charge in [0, 0.05) is 5.41 Å². The quantitative estimate of drug-likeness (QED) is 0.660. The molecule has 0 aromatic heterocycles. The Bertz CT molecular complexity index is 744. The van der Waals surface area contributed by atoms with Crippen molar-refractivity contribution < 1.29 is 19.5 Å². The number of methoxy groups -OCH3 is 1. The van der Waals surface area contributed by atoms with Crippen LogP contribution in [0.4, 0.5) is 0 Å². The summed E-state index contributed by atoms with van der Waals surface area (Å²) in [4.78, 5) is 16.5. The van der Waals surface area contributed by atoms with E-state index in [9.17, 15) is 9.90 Å². The number of benzene rings is 1. The molecule has 0 radical (unpaired) electrons. The van der Waals surface area contributed by atoms with Crippen molar-refractivity contribution in [3.05, 3.63) is 29.3 Å². The van der Waals surface area contributed by atoms with Crippen LogP contribution in [0.1, 0.15) is 56.1 Å². The van der Waals surface area contributed by atoms with Gasteiger partial charge in [-0.15, -0.1) is 0 Å². The highest BCUT2D eigenvalue weighted by Crippen LogP contribution is 2.59. The predicted molar refractivity (Wildman–Crippen MR) is 98.1 cm³/mol. The molecule has 3 aliphatic carbocycles. The van der Waals surface area contributed by atoms with Gasteiger partial charge in [-0.05, 0) is 79.5 Å². The largest absolute Gasteiger partial charge is 0.508 e. The lowest BCUT2D eigenvalue weighted by Gasteiger charge is -2.49. The molecule has 3 aliphatic rings. The van der Waals surface area contributed by atoms with Crippen LogP contribution >= 0.6 is 0 Å². The van der Waals surface area contributed by atoms with Crippen LogP contribution in [0, 0.1) is 17.3 Å². The Morgan fingerprint density at radius 3 is 2.96 bits per heavy atom. The Balaban J connectivity index is 1.54. The van der Waals surface area contributed by atoms with Gasteiger partial charge in [0.25, 0.3) is 0 Å². The summed E-state index contributed by atoms with van der Waals surface area (Å²) in [6.45, 7) is 2.21. The molecule has 5 heteroatoms. The number of hydrogen-bond acceptors (Lipinski definition) is 5. The molecular formula is C21H27NO4. The third kappa shape index (κ3) is 2.78. The lowest BCUT2D eigenvalue weighted by Crippen LogP contribution is -2.42. The maximum Gasteiger partial charge on any atom is 0.346 e. The van der Waals surface area contributed by atoms with Gasteiger partial charge < -0.3 is 14.7 Å². The summed E-state index contributed by atoms with van der Waals surface area (Å²) in [6, 6.07) is 5.91. The molecule has 0 bridgehead atoms. The summed E-state index contributed by atoms with van der Waals surface area (Å²) in [7, 11) is 1.35. The second-order valence-electron chi connectivity index (χ2n) is 8.18. The number of phenolic OH excluding ortho intramolecular Hbond substituents is 1. The molecule has 3 unspecified atom stereocenters. The van der Waals surface area contributed by atoms with Crippen molar-refractivity contribution in [2.45, 2.75) is 51.4 Å². The van der Waals surface area contributed by atoms with Crippen LogP contribution in [-0.2, 0) is 20.8 Å². The molecular weight excluding hydrogens is 330 g/mol. The van der Waals surface area contributed by atoms with Crippen LogP contribution in [0.15, 0.2) is 23.4 Å². The van der Waals surface area contributed by atoms with Gasteiger partial charge >= 0.3 is 5.97 Å². The zero-order valence-corrected chi connectivity index (χ0v) is 15.5. The molecule has 2 saturated carbocycles. The van der Waals surface area contributed by atoms with Crippen molar-refractivity contribution in [3.8, 4) is 5.75 Å². The summed E-state index contributed by atoms with van der Waals surface area (Å²) in [5.74, 6) is 1.85. The van der Waals surface area contributed by atoms with E-state index in [0.717, 1.165) is 37.8 Å². The van der Waals surface area contributed by atoms with Crippen LogP contribution in [0.25, 0.3) is 0 Å². The standard InChI is InChI=1S/C21H27NO4/c1-21-10-9-16-15-6-4-14(23)11-13(15)3-5-17(16)18(21)7-8-19(21)22-26-12-20(24)25-2/h4,6,11,16-18,23H,3,5,7-10,12H2,1-2H3/b22-19+/t16?,17?,18?,21-/m0/s1. The molecule has 1 aromatic rings. The van der Waals surface area contributed by atoms with Crippen LogP contribution < -0.4 is 0 Å². The van der Waals surface area contributed by atoms with Gasteiger partial charge in [0.1, 0.15) is 5.75 Å². The first kappa shape index (κ1) is 17.4. The van der Waals surface area contributed by atoms with Crippen molar-refractivity contribution in [1.82, 2.24) is 0 Å². The molecule has 140 valence electrons. The number of aryl methyl sites for hydroxylation is 1. The SMILES string of the molecule is COC(=O)CO/N=C1\CCC2C3CCc4cc(O)ccc4C3CC[C@]12C. The maximum absolute atomic E-state index is 11.2. The minimum Gasteiger partial charge on any atom is -0.508 e. The fourth-order valence-electron chi connectivity index (χ4n) is 5.73. The number of carbonyl (C=O) groups is 1. The first-order chi connectivity index (χ1) is 12.5. The van der Waals surface area contributed by atoms with Crippen LogP contribution in [0.3, 0.4) is 0 Å². The van der Waals surface area contributed by atoms with Crippen molar-refractivity contribution in [2.75, 3.05) is 13.7 Å². The van der Waals surface area contributed by atoms with Crippen molar-refractivity contribution in [1.29, 1.82) is 0 Å². The highest BCUT2D eigenvalue weighted by Gasteiger charge is 2.53. The number of aromatic hydroxyl groups is 1. The van der Waals surface area contributed by atoms with Gasteiger partial charge in [0.05, 0.1) is 12.8 Å². The first-order valence-corrected chi connectivity index (χ1v) is 9.61. The summed E-state index contributed by atoms with van der Waals surface area (Å²) in [5, 5.41) is 14.1. The second-order valence-corrected chi connectivity index (χ2v) is 8.18. The van der Waals surface area contributed by atoms with Gasteiger partial charge in [0.2, 0.25) is 6.61 Å². The number of esters is 1. The van der Waals surface area contributed by atoms with Crippen molar-refractivity contribution in [2.24, 2.45) is 22.4 Å². The predicted octanol–water partition coefficient (Wildman–Crippen LogP) is 3.79. The van der Waals surface area contributed by atoms with Crippen LogP contribution in [-0.4, -0.2) is 30.5 Å². The molecule has 2 fully saturated rings. The van der Waals surface area contributed by atoms with E-state index < -0.39 is 5.97 Å². The number of ether oxygens (including phenoxy) is 1. The molecule has 1 aromatic carbocycles. The van der Waals surface area contributed by atoms with Crippen molar-refractivity contribution in [3.63, 3.8) is 0 Å². The molecule has 4 atom stereocenters. The lowest BCUT2D eigenvalue weighted by atomic mass is 9.55. The van der Waals surface area contributed by atoms with E-state index in [0.29, 0.717) is 23.5 Å². The van der Waals surface area contributed by atoms with Gasteiger partial charge in [-0.25, -0.2) is 4.79 Å². The van der Waals surface area contributed by atoms with Gasteiger partial charge in [-0.3, -0.25) is 0 Å². The molecule has 5 nitrogen and oxygen atoms in total. The number of fused-ring (bicyclic) bond motifs is 5. The zero-order valence-electron chi connectivity index (χ0n) is 15.5. The van der Waals surface area contributed by atoms with Crippen LogP contribution in [0.2, 0.25) is 0 Å². The third-order valence-corrected chi connectivity index (χ3v) is 7.04. The fourth-order valence-corrected chi connectivity index (χ4v) is 5.73. The van der Waals surface area contributed by atoms with E-state index in [1.54, 1.807) is 0 Å². The van der Waals surface area contributed by atoms with Crippen molar-refractivity contribution >= 4 is 11.7 Å². The fraction of sp³-hybridized carbons (Fsp3) is 0.619. The van der Waals surface area contributed by atoms with E-state index in [4.69, 9.17) is 4.84 Å². The van der Waals surface area contributed by atoms with Gasteiger partial charge in [0.15, 0.2) is 0 Å². The Hall–Kier alpha value is -2.04. The molecule has 4 rings (SSSR count). The van der Waals surface area contributed by atoms with Gasteiger partial charge in [-0.2, -0.15) is 0 Å². The number of hydrogen-bond donors (Lipinski definition) is 1. The minimum atomic E-state index is -0.398. The monoisotopic (exact) mass is 357 g/mol. The summed E-state index contributed by atoms with van der Waals surface area (Å²) in [6.07, 6.45) is 6.56. The Morgan fingerprint density at radius 2 is 2.15 bits per heavy atom. The Kier molecular flexibility index (Phi) is 4.41. The minimum absolute atomic E-state index is 0.0751. The highest BCUT2D eigenvalue weighted by atomic mass is 16.6. The van der Waals surface area contributed by atoms with E-state index in [2.05, 4.69) is 22.9 Å². The average Bonchev–Trinajstić information content (AvgIpc) is 2.97. The molecule has 26 heavy (non-hydrogen) atoms. The molecule has 0 spiro atoms. The topological polar surface area (TPSA) is 68.1 Å².